The first kappa shape index (κ1) is 15.7. The number of hydrogen-bond acceptors (Lipinski definition) is 1. The van der Waals surface area contributed by atoms with Crippen LogP contribution in [-0.4, -0.2) is 24.0 Å². The van der Waals surface area contributed by atoms with Crippen LogP contribution in [0, 0.1) is 11.8 Å². The number of benzene rings is 1. The molecule has 2 rings (SSSR count). The van der Waals surface area contributed by atoms with Gasteiger partial charge in [0.25, 0.3) is 0 Å². The molecule has 0 aromatic heterocycles. The van der Waals surface area contributed by atoms with Crippen LogP contribution in [0.15, 0.2) is 24.3 Å². The van der Waals surface area contributed by atoms with E-state index in [1.807, 2.05) is 13.8 Å². The SMILES string of the molecule is CC1CC(C)CN(C(=O)Nc2ccccc2C(F)(F)F)C1. The lowest BCUT2D eigenvalue weighted by Crippen LogP contribution is -2.44. The van der Waals surface area contributed by atoms with E-state index < -0.39 is 17.8 Å². The standard InChI is InChI=1S/C15H19F3N2O/c1-10-7-11(2)9-20(8-10)14(21)19-13-6-4-3-5-12(13)15(16,17)18/h3-6,10-11H,7-9H2,1-2H3,(H,19,21). The van der Waals surface area contributed by atoms with E-state index in [1.54, 1.807) is 4.90 Å². The molecule has 1 aromatic carbocycles. The molecule has 1 aliphatic heterocycles. The van der Waals surface area contributed by atoms with Gasteiger partial charge in [-0.1, -0.05) is 26.0 Å². The highest BCUT2D eigenvalue weighted by atomic mass is 19.4. The van der Waals surface area contributed by atoms with Crippen LogP contribution in [0.3, 0.4) is 0 Å². The molecule has 3 nitrogen and oxygen atoms in total. The van der Waals surface area contributed by atoms with Gasteiger partial charge in [0.2, 0.25) is 0 Å². The smallest absolute Gasteiger partial charge is 0.324 e. The van der Waals surface area contributed by atoms with E-state index in [9.17, 15) is 18.0 Å². The molecule has 1 saturated heterocycles. The van der Waals surface area contributed by atoms with E-state index in [4.69, 9.17) is 0 Å². The Bertz CT molecular complexity index is 506. The summed E-state index contributed by atoms with van der Waals surface area (Å²) in [5.41, 5.74) is -1.02. The Morgan fingerprint density at radius 1 is 1.19 bits per heavy atom. The number of nitrogens with zero attached hydrogens (tertiary/aromatic N) is 1. The first-order chi connectivity index (χ1) is 9.77. The van der Waals surface area contributed by atoms with Gasteiger partial charge in [0.1, 0.15) is 0 Å². The van der Waals surface area contributed by atoms with Crippen LogP contribution >= 0.6 is 0 Å². The molecule has 0 aliphatic carbocycles. The molecule has 1 heterocycles. The summed E-state index contributed by atoms with van der Waals surface area (Å²) in [7, 11) is 0. The largest absolute Gasteiger partial charge is 0.418 e. The minimum absolute atomic E-state index is 0.194. The van der Waals surface area contributed by atoms with Gasteiger partial charge in [-0.15, -0.1) is 0 Å². The van der Waals surface area contributed by atoms with Crippen molar-refractivity contribution in [3.05, 3.63) is 29.8 Å². The molecule has 0 spiro atoms. The second-order valence-corrected chi connectivity index (χ2v) is 5.82. The summed E-state index contributed by atoms with van der Waals surface area (Å²) in [5.74, 6) is 0.717. The minimum Gasteiger partial charge on any atom is -0.324 e. The molecule has 0 saturated carbocycles. The van der Waals surface area contributed by atoms with Crippen molar-refractivity contribution in [2.75, 3.05) is 18.4 Å². The number of hydrogen-bond donors (Lipinski definition) is 1. The van der Waals surface area contributed by atoms with E-state index in [0.29, 0.717) is 24.9 Å². The van der Waals surface area contributed by atoms with Crippen molar-refractivity contribution in [2.45, 2.75) is 26.4 Å². The van der Waals surface area contributed by atoms with Gasteiger partial charge in [0, 0.05) is 13.1 Å². The van der Waals surface area contributed by atoms with Crippen LogP contribution < -0.4 is 5.32 Å². The number of halogens is 3. The van der Waals surface area contributed by atoms with Gasteiger partial charge in [0.15, 0.2) is 0 Å². The average molecular weight is 300 g/mol. The molecule has 2 amide bonds. The molecule has 116 valence electrons. The summed E-state index contributed by atoms with van der Waals surface area (Å²) in [6, 6.07) is 4.56. The maximum atomic E-state index is 12.9. The fraction of sp³-hybridized carbons (Fsp3) is 0.533. The summed E-state index contributed by atoms with van der Waals surface area (Å²) in [5, 5.41) is 2.39. The maximum Gasteiger partial charge on any atom is 0.418 e. The minimum atomic E-state index is -4.48. The highest BCUT2D eigenvalue weighted by Gasteiger charge is 2.34. The van der Waals surface area contributed by atoms with Crippen molar-refractivity contribution in [3.63, 3.8) is 0 Å². The quantitative estimate of drug-likeness (QED) is 0.827. The lowest BCUT2D eigenvalue weighted by atomic mass is 9.92. The number of carbonyl (C=O) groups excluding carboxylic acids is 1. The topological polar surface area (TPSA) is 32.3 Å². The summed E-state index contributed by atoms with van der Waals surface area (Å²) in [6.07, 6.45) is -3.45. The predicted molar refractivity (Wildman–Crippen MR) is 75.0 cm³/mol. The van der Waals surface area contributed by atoms with Crippen LogP contribution in [0.25, 0.3) is 0 Å². The van der Waals surface area contributed by atoms with Gasteiger partial charge in [0.05, 0.1) is 11.3 Å². The summed E-state index contributed by atoms with van der Waals surface area (Å²) >= 11 is 0. The maximum absolute atomic E-state index is 12.9. The van der Waals surface area contributed by atoms with Crippen LogP contribution in [0.4, 0.5) is 23.7 Å². The van der Waals surface area contributed by atoms with E-state index in [2.05, 4.69) is 5.32 Å². The molecule has 0 bridgehead atoms. The second kappa shape index (κ2) is 5.95. The van der Waals surface area contributed by atoms with Gasteiger partial charge >= 0.3 is 12.2 Å². The van der Waals surface area contributed by atoms with Crippen molar-refractivity contribution < 1.29 is 18.0 Å². The van der Waals surface area contributed by atoms with Crippen LogP contribution in [0.1, 0.15) is 25.8 Å². The molecule has 21 heavy (non-hydrogen) atoms. The number of likely N-dealkylation sites (tertiary alicyclic amines) is 1. The monoisotopic (exact) mass is 300 g/mol. The average Bonchev–Trinajstić information content (AvgIpc) is 2.37. The van der Waals surface area contributed by atoms with Crippen LogP contribution in [-0.2, 0) is 6.18 Å². The highest BCUT2D eigenvalue weighted by Crippen LogP contribution is 2.34. The van der Waals surface area contributed by atoms with E-state index in [1.165, 1.54) is 18.2 Å². The van der Waals surface area contributed by atoms with Crippen LogP contribution in [0.2, 0.25) is 0 Å². The molecule has 2 atom stereocenters. The van der Waals surface area contributed by atoms with Crippen molar-refractivity contribution >= 4 is 11.7 Å². The predicted octanol–water partition coefficient (Wildman–Crippen LogP) is 4.22. The fourth-order valence-electron chi connectivity index (χ4n) is 2.86. The number of carbonyl (C=O) groups is 1. The van der Waals surface area contributed by atoms with E-state index >= 15 is 0 Å². The molecule has 1 aromatic rings. The van der Waals surface area contributed by atoms with E-state index in [-0.39, 0.29) is 5.69 Å². The van der Waals surface area contributed by atoms with Crippen molar-refractivity contribution in [1.82, 2.24) is 4.90 Å². The number of anilines is 1. The molecule has 6 heteroatoms. The Balaban J connectivity index is 2.13. The molecule has 1 aliphatic rings. The number of nitrogens with one attached hydrogen (secondary N) is 1. The first-order valence-corrected chi connectivity index (χ1v) is 6.99. The molecule has 1 fully saturated rings. The molecule has 2 unspecified atom stereocenters. The zero-order valence-corrected chi connectivity index (χ0v) is 12.1. The van der Waals surface area contributed by atoms with Crippen molar-refractivity contribution in [3.8, 4) is 0 Å². The summed E-state index contributed by atoms with van der Waals surface area (Å²) < 4.78 is 38.7. The number of para-hydroxylation sites is 1. The van der Waals surface area contributed by atoms with E-state index in [0.717, 1.165) is 12.5 Å². The number of piperidine rings is 1. The summed E-state index contributed by atoms with van der Waals surface area (Å²) in [6.45, 7) is 5.23. The zero-order chi connectivity index (χ0) is 15.6. The van der Waals surface area contributed by atoms with Crippen LogP contribution in [0.5, 0.6) is 0 Å². The number of rotatable bonds is 1. The Morgan fingerprint density at radius 2 is 1.76 bits per heavy atom. The molecular formula is C15H19F3N2O. The Kier molecular flexibility index (Phi) is 4.44. The third kappa shape index (κ3) is 3.89. The summed E-state index contributed by atoms with van der Waals surface area (Å²) in [4.78, 5) is 13.8. The van der Waals surface area contributed by atoms with Gasteiger partial charge in [-0.3, -0.25) is 0 Å². The van der Waals surface area contributed by atoms with Gasteiger partial charge in [-0.2, -0.15) is 13.2 Å². The second-order valence-electron chi connectivity index (χ2n) is 5.82. The van der Waals surface area contributed by atoms with Gasteiger partial charge < -0.3 is 10.2 Å². The molecule has 0 radical (unpaired) electrons. The van der Waals surface area contributed by atoms with Gasteiger partial charge in [-0.25, -0.2) is 4.79 Å². The number of amides is 2. The lowest BCUT2D eigenvalue weighted by Gasteiger charge is -2.35. The van der Waals surface area contributed by atoms with Gasteiger partial charge in [-0.05, 0) is 30.4 Å². The third-order valence-corrected chi connectivity index (χ3v) is 3.63. The highest BCUT2D eigenvalue weighted by molar-refractivity contribution is 5.90. The Hall–Kier alpha value is -1.72. The normalized spacial score (nSPS) is 23.0. The lowest BCUT2D eigenvalue weighted by molar-refractivity contribution is -0.136. The number of urea groups is 1. The van der Waals surface area contributed by atoms with Crippen molar-refractivity contribution in [1.29, 1.82) is 0 Å². The number of alkyl halides is 3. The van der Waals surface area contributed by atoms with Crippen molar-refractivity contribution in [2.24, 2.45) is 11.8 Å². The third-order valence-electron chi connectivity index (χ3n) is 3.63. The Labute approximate surface area is 122 Å². The fourth-order valence-corrected chi connectivity index (χ4v) is 2.86. The zero-order valence-electron chi connectivity index (χ0n) is 12.1. The first-order valence-electron chi connectivity index (χ1n) is 6.99. The molecular weight excluding hydrogens is 281 g/mol. The molecule has 1 N–H and O–H groups in total. The Morgan fingerprint density at radius 3 is 2.33 bits per heavy atom.